The number of rotatable bonds is 10. The summed E-state index contributed by atoms with van der Waals surface area (Å²) in [5.74, 6) is -0.452. The highest BCUT2D eigenvalue weighted by molar-refractivity contribution is 7.15. The number of hydrogen-bond donors (Lipinski definition) is 1. The van der Waals surface area contributed by atoms with Crippen molar-refractivity contribution in [3.8, 4) is 22.9 Å². The molecule has 180 valence electrons. The molecule has 0 saturated heterocycles. The second-order valence-corrected chi connectivity index (χ2v) is 8.79. The molecular weight excluding hydrogens is 484 g/mol. The zero-order valence-corrected chi connectivity index (χ0v) is 21.0. The Balaban J connectivity index is 1.84. The maximum atomic E-state index is 12.9. The number of nitrogens with zero attached hydrogens (tertiary/aromatic N) is 1. The van der Waals surface area contributed by atoms with Gasteiger partial charge in [-0.1, -0.05) is 49.2 Å². The van der Waals surface area contributed by atoms with Crippen LogP contribution in [0.4, 0.5) is 5.00 Å². The van der Waals surface area contributed by atoms with Crippen molar-refractivity contribution in [2.75, 3.05) is 18.5 Å². The number of esters is 1. The Bertz CT molecular complexity index is 1240. The van der Waals surface area contributed by atoms with Gasteiger partial charge in [-0.25, -0.2) is 4.79 Å². The number of amides is 1. The van der Waals surface area contributed by atoms with E-state index in [1.807, 2.05) is 6.07 Å². The quantitative estimate of drug-likeness (QED) is 0.138. The maximum Gasteiger partial charge on any atom is 0.341 e. The predicted octanol–water partition coefficient (Wildman–Crippen LogP) is 6.97. The Labute approximate surface area is 213 Å². The molecule has 1 heterocycles. The Morgan fingerprint density at radius 1 is 1.11 bits per heavy atom. The summed E-state index contributed by atoms with van der Waals surface area (Å²) < 4.78 is 10.9. The number of benzene rings is 2. The van der Waals surface area contributed by atoms with Crippen molar-refractivity contribution in [3.63, 3.8) is 0 Å². The van der Waals surface area contributed by atoms with E-state index in [2.05, 4.69) is 12.2 Å². The fraction of sp³-hybridized carbons (Fsp3) is 0.222. The van der Waals surface area contributed by atoms with Crippen LogP contribution in [0.3, 0.4) is 0 Å². The fourth-order valence-electron chi connectivity index (χ4n) is 3.18. The zero-order chi connectivity index (χ0) is 25.2. The molecule has 1 N–H and O–H groups in total. The molecule has 0 saturated carbocycles. The molecule has 3 rings (SSSR count). The first-order chi connectivity index (χ1) is 17.0. The van der Waals surface area contributed by atoms with E-state index in [1.54, 1.807) is 60.8 Å². The molecule has 0 unspecified atom stereocenters. The van der Waals surface area contributed by atoms with Gasteiger partial charge in [0.2, 0.25) is 0 Å². The number of ether oxygens (including phenoxy) is 2. The van der Waals surface area contributed by atoms with E-state index in [9.17, 15) is 14.9 Å². The highest BCUT2D eigenvalue weighted by Crippen LogP contribution is 2.37. The van der Waals surface area contributed by atoms with Gasteiger partial charge >= 0.3 is 5.97 Å². The minimum atomic E-state index is -0.620. The van der Waals surface area contributed by atoms with Gasteiger partial charge in [0.25, 0.3) is 5.91 Å². The normalized spacial score (nSPS) is 11.0. The smallest absolute Gasteiger partial charge is 0.341 e. The molecule has 0 bridgehead atoms. The lowest BCUT2D eigenvalue weighted by atomic mass is 10.0. The monoisotopic (exact) mass is 508 g/mol. The van der Waals surface area contributed by atoms with Gasteiger partial charge in [-0.05, 0) is 54.8 Å². The number of unbranched alkanes of at least 4 members (excludes halogenated alkanes) is 1. The van der Waals surface area contributed by atoms with Gasteiger partial charge in [0.15, 0.2) is 0 Å². The van der Waals surface area contributed by atoms with Gasteiger partial charge < -0.3 is 14.8 Å². The molecule has 6 nitrogen and oxygen atoms in total. The molecule has 1 aromatic heterocycles. The molecular formula is C27H25ClN2O4S. The number of nitrogens with one attached hydrogen (secondary N) is 1. The van der Waals surface area contributed by atoms with Crippen LogP contribution in [0.1, 0.15) is 42.6 Å². The standard InChI is InChI=1S/C27H25ClN2O4S/c1-3-5-14-34-22-12-6-18(7-13-22)15-20(16-29)25(31)30-26-24(27(32)33-4-2)23(17-35-26)19-8-10-21(28)11-9-19/h6-13,15,17H,3-5,14H2,1-2H3,(H,30,31)/b20-15+. The molecule has 0 aliphatic rings. The van der Waals surface area contributed by atoms with Crippen LogP contribution in [-0.2, 0) is 9.53 Å². The summed E-state index contributed by atoms with van der Waals surface area (Å²) in [6, 6.07) is 16.1. The van der Waals surface area contributed by atoms with Gasteiger partial charge in [-0.3, -0.25) is 4.79 Å². The highest BCUT2D eigenvalue weighted by Gasteiger charge is 2.23. The fourth-order valence-corrected chi connectivity index (χ4v) is 4.26. The summed E-state index contributed by atoms with van der Waals surface area (Å²) in [6.45, 7) is 4.63. The van der Waals surface area contributed by atoms with Crippen molar-refractivity contribution in [1.82, 2.24) is 0 Å². The molecule has 35 heavy (non-hydrogen) atoms. The predicted molar refractivity (Wildman–Crippen MR) is 140 cm³/mol. The van der Waals surface area contributed by atoms with Crippen LogP contribution >= 0.6 is 22.9 Å². The van der Waals surface area contributed by atoms with Gasteiger partial charge in [-0.15, -0.1) is 11.3 Å². The molecule has 0 fully saturated rings. The molecule has 0 radical (unpaired) electrons. The lowest BCUT2D eigenvalue weighted by Gasteiger charge is -2.09. The van der Waals surface area contributed by atoms with Crippen LogP contribution in [0, 0.1) is 11.3 Å². The molecule has 3 aromatic rings. The van der Waals surface area contributed by atoms with Gasteiger partial charge in [0.1, 0.15) is 28.0 Å². The number of hydrogen-bond acceptors (Lipinski definition) is 6. The van der Waals surface area contributed by atoms with Gasteiger partial charge in [0.05, 0.1) is 13.2 Å². The van der Waals surface area contributed by atoms with Crippen LogP contribution in [-0.4, -0.2) is 25.1 Å². The number of carbonyl (C=O) groups excluding carboxylic acids is 2. The summed E-state index contributed by atoms with van der Waals surface area (Å²) in [5, 5.41) is 14.9. The average molecular weight is 509 g/mol. The zero-order valence-electron chi connectivity index (χ0n) is 19.5. The SMILES string of the molecule is CCCCOc1ccc(/C=C(\C#N)C(=O)Nc2scc(-c3ccc(Cl)cc3)c2C(=O)OCC)cc1. The van der Waals surface area contributed by atoms with Crippen LogP contribution in [0.15, 0.2) is 59.5 Å². The summed E-state index contributed by atoms with van der Waals surface area (Å²) in [6.07, 6.45) is 3.50. The third-order valence-electron chi connectivity index (χ3n) is 4.98. The lowest BCUT2D eigenvalue weighted by Crippen LogP contribution is -2.16. The Kier molecular flexibility index (Phi) is 9.47. The Hall–Kier alpha value is -3.60. The molecule has 0 aliphatic carbocycles. The third-order valence-corrected chi connectivity index (χ3v) is 6.12. The van der Waals surface area contributed by atoms with E-state index in [0.29, 0.717) is 27.8 Å². The largest absolute Gasteiger partial charge is 0.494 e. The number of halogens is 1. The summed E-state index contributed by atoms with van der Waals surface area (Å²) in [4.78, 5) is 25.7. The number of nitriles is 1. The molecule has 0 spiro atoms. The molecule has 0 aliphatic heterocycles. The second kappa shape index (κ2) is 12.7. The second-order valence-electron chi connectivity index (χ2n) is 7.48. The van der Waals surface area contributed by atoms with E-state index in [0.717, 1.165) is 24.2 Å². The summed E-state index contributed by atoms with van der Waals surface area (Å²) in [5.41, 5.74) is 2.19. The number of carbonyl (C=O) groups is 2. The van der Waals surface area contributed by atoms with Crippen molar-refractivity contribution >= 4 is 45.9 Å². The van der Waals surface area contributed by atoms with Crippen molar-refractivity contribution < 1.29 is 19.1 Å². The van der Waals surface area contributed by atoms with E-state index in [4.69, 9.17) is 21.1 Å². The number of anilines is 1. The first kappa shape index (κ1) is 26.0. The van der Waals surface area contributed by atoms with Crippen LogP contribution in [0.5, 0.6) is 5.75 Å². The van der Waals surface area contributed by atoms with Crippen LogP contribution < -0.4 is 10.1 Å². The van der Waals surface area contributed by atoms with Crippen molar-refractivity contribution in [2.24, 2.45) is 0 Å². The van der Waals surface area contributed by atoms with Crippen molar-refractivity contribution in [2.45, 2.75) is 26.7 Å². The van der Waals surface area contributed by atoms with Gasteiger partial charge in [0, 0.05) is 16.0 Å². The Morgan fingerprint density at radius 3 is 2.46 bits per heavy atom. The third kappa shape index (κ3) is 6.95. The Morgan fingerprint density at radius 2 is 1.83 bits per heavy atom. The molecule has 1 amide bonds. The molecule has 2 aromatic carbocycles. The van der Waals surface area contributed by atoms with E-state index in [1.165, 1.54) is 17.4 Å². The number of thiophene rings is 1. The van der Waals surface area contributed by atoms with E-state index >= 15 is 0 Å². The topological polar surface area (TPSA) is 88.4 Å². The summed E-state index contributed by atoms with van der Waals surface area (Å²) >= 11 is 7.17. The first-order valence-electron chi connectivity index (χ1n) is 11.2. The molecule has 0 atom stereocenters. The van der Waals surface area contributed by atoms with Crippen molar-refractivity contribution in [1.29, 1.82) is 5.26 Å². The summed E-state index contributed by atoms with van der Waals surface area (Å²) in [7, 11) is 0. The minimum absolute atomic E-state index is 0.0964. The minimum Gasteiger partial charge on any atom is -0.494 e. The molecule has 8 heteroatoms. The lowest BCUT2D eigenvalue weighted by molar-refractivity contribution is -0.112. The van der Waals surface area contributed by atoms with Crippen molar-refractivity contribution in [3.05, 3.63) is 75.6 Å². The first-order valence-corrected chi connectivity index (χ1v) is 12.4. The van der Waals surface area contributed by atoms with Gasteiger partial charge in [-0.2, -0.15) is 5.26 Å². The van der Waals surface area contributed by atoms with Crippen LogP contribution in [0.25, 0.3) is 17.2 Å². The van der Waals surface area contributed by atoms with Crippen LogP contribution in [0.2, 0.25) is 5.02 Å². The maximum absolute atomic E-state index is 12.9. The average Bonchev–Trinajstić information content (AvgIpc) is 3.27. The van der Waals surface area contributed by atoms with E-state index in [-0.39, 0.29) is 17.7 Å². The highest BCUT2D eigenvalue weighted by atomic mass is 35.5. The van der Waals surface area contributed by atoms with E-state index < -0.39 is 11.9 Å².